The molecular formula is C24H24F5N7O3. The number of rotatable bonds is 5. The number of hydrogen-bond acceptors (Lipinski definition) is 7. The van der Waals surface area contributed by atoms with Crippen LogP contribution in [0.15, 0.2) is 24.7 Å². The van der Waals surface area contributed by atoms with E-state index in [1.165, 1.54) is 24.3 Å². The number of alkyl halides is 5. The highest BCUT2D eigenvalue weighted by molar-refractivity contribution is 5.98. The number of fused-ring (bicyclic) bond motifs is 1. The minimum Gasteiger partial charge on any atom is -0.480 e. The Hall–Kier alpha value is -4.04. The number of carbonyl (C=O) groups excluding carboxylic acids is 2. The number of anilines is 1. The average Bonchev–Trinajstić information content (AvgIpc) is 3.43. The van der Waals surface area contributed by atoms with E-state index in [9.17, 15) is 31.5 Å². The largest absolute Gasteiger partial charge is 0.480 e. The number of hydrogen-bond donors (Lipinski definition) is 2. The number of amides is 2. The lowest BCUT2D eigenvalue weighted by molar-refractivity contribution is -0.159. The first-order valence-electron chi connectivity index (χ1n) is 12.0. The van der Waals surface area contributed by atoms with E-state index in [0.717, 1.165) is 16.9 Å². The van der Waals surface area contributed by atoms with E-state index in [-0.39, 0.29) is 46.9 Å². The highest BCUT2D eigenvalue weighted by Gasteiger charge is 2.51. The van der Waals surface area contributed by atoms with Gasteiger partial charge >= 0.3 is 6.18 Å². The minimum atomic E-state index is -4.75. The number of methoxy groups -OCH3 is 1. The van der Waals surface area contributed by atoms with Gasteiger partial charge in [-0.15, -0.1) is 0 Å². The van der Waals surface area contributed by atoms with Crippen LogP contribution in [-0.2, 0) is 11.0 Å². The number of nitrogens with zero attached hydrogens (tertiary/aromatic N) is 5. The second-order valence-corrected chi connectivity index (χ2v) is 9.89. The van der Waals surface area contributed by atoms with Crippen molar-refractivity contribution in [2.75, 3.05) is 25.9 Å². The molecule has 2 amide bonds. The normalized spacial score (nSPS) is 21.2. The first-order chi connectivity index (χ1) is 18.3. The van der Waals surface area contributed by atoms with Gasteiger partial charge in [0.1, 0.15) is 17.4 Å². The lowest BCUT2D eigenvalue weighted by atomic mass is 9.80. The molecule has 39 heavy (non-hydrogen) atoms. The third-order valence-corrected chi connectivity index (χ3v) is 7.15. The zero-order valence-corrected chi connectivity index (χ0v) is 20.8. The van der Waals surface area contributed by atoms with Crippen molar-refractivity contribution >= 4 is 23.1 Å². The van der Waals surface area contributed by atoms with Crippen molar-refractivity contribution < 1.29 is 36.3 Å². The molecule has 208 valence electrons. The second-order valence-electron chi connectivity index (χ2n) is 9.89. The summed E-state index contributed by atoms with van der Waals surface area (Å²) in [5.74, 6) is -5.18. The Morgan fingerprint density at radius 2 is 1.90 bits per heavy atom. The zero-order valence-electron chi connectivity index (χ0n) is 20.8. The molecule has 5 rings (SSSR count). The number of ether oxygens (including phenoxy) is 1. The fourth-order valence-electron chi connectivity index (χ4n) is 5.08. The summed E-state index contributed by atoms with van der Waals surface area (Å²) in [5, 5.41) is 6.72. The topological polar surface area (TPSA) is 128 Å². The molecule has 3 aromatic heterocycles. The van der Waals surface area contributed by atoms with Crippen molar-refractivity contribution in [1.29, 1.82) is 0 Å². The Balaban J connectivity index is 1.41. The molecule has 3 N–H and O–H groups in total. The maximum Gasteiger partial charge on any atom is 0.418 e. The fraction of sp³-hybridized carbons (Fsp3) is 0.458. The van der Waals surface area contributed by atoms with Crippen LogP contribution in [0.1, 0.15) is 35.7 Å². The quantitative estimate of drug-likeness (QED) is 0.465. The average molecular weight is 553 g/mol. The van der Waals surface area contributed by atoms with Crippen molar-refractivity contribution in [1.82, 2.24) is 29.8 Å². The molecule has 1 saturated heterocycles. The predicted octanol–water partition coefficient (Wildman–Crippen LogP) is 3.02. The molecule has 1 aliphatic heterocycles. The van der Waals surface area contributed by atoms with E-state index in [0.29, 0.717) is 6.54 Å². The summed E-state index contributed by atoms with van der Waals surface area (Å²) in [4.78, 5) is 35.1. The van der Waals surface area contributed by atoms with Gasteiger partial charge in [0, 0.05) is 43.6 Å². The second kappa shape index (κ2) is 9.31. The molecule has 1 aliphatic carbocycles. The molecule has 10 nitrogen and oxygen atoms in total. The van der Waals surface area contributed by atoms with Gasteiger partial charge in [-0.3, -0.25) is 9.59 Å². The van der Waals surface area contributed by atoms with Crippen molar-refractivity contribution in [3.63, 3.8) is 0 Å². The maximum atomic E-state index is 13.7. The van der Waals surface area contributed by atoms with Gasteiger partial charge < -0.3 is 20.7 Å². The molecule has 3 aromatic rings. The van der Waals surface area contributed by atoms with Crippen molar-refractivity contribution in [3.8, 4) is 17.1 Å². The number of carbonyl (C=O) groups is 2. The first-order valence-corrected chi connectivity index (χ1v) is 12.0. The summed E-state index contributed by atoms with van der Waals surface area (Å²) in [5.41, 5.74) is 4.27. The molecule has 2 atom stereocenters. The lowest BCUT2D eigenvalue weighted by Crippen LogP contribution is -2.47. The number of nitrogens with two attached hydrogens (primary N) is 1. The molecule has 0 spiro atoms. The van der Waals surface area contributed by atoms with Crippen LogP contribution in [0.3, 0.4) is 0 Å². The molecule has 15 heteroatoms. The molecule has 4 heterocycles. The molecular weight excluding hydrogens is 529 g/mol. The highest BCUT2D eigenvalue weighted by atomic mass is 19.4. The summed E-state index contributed by atoms with van der Waals surface area (Å²) >= 11 is 0. The number of nitrogen functional groups attached to an aromatic ring is 1. The van der Waals surface area contributed by atoms with Crippen LogP contribution in [0.5, 0.6) is 5.88 Å². The SMILES string of the molecule is COc1ncc(-c2cc(C(F)(F)F)c3c(N)ncnn23)cc1C(=O)N[C@@H]1CN(C(=O)C2CC(F)(F)C2)C[C@@H]1C. The van der Waals surface area contributed by atoms with Gasteiger partial charge in [0.2, 0.25) is 17.7 Å². The van der Waals surface area contributed by atoms with Crippen LogP contribution in [0.25, 0.3) is 16.8 Å². The van der Waals surface area contributed by atoms with Crippen molar-refractivity contribution in [2.45, 2.75) is 37.9 Å². The Morgan fingerprint density at radius 1 is 1.18 bits per heavy atom. The summed E-state index contributed by atoms with van der Waals surface area (Å²) in [6.07, 6.45) is -3.47. The fourth-order valence-corrected chi connectivity index (χ4v) is 5.08. The summed E-state index contributed by atoms with van der Waals surface area (Å²) in [7, 11) is 1.29. The van der Waals surface area contributed by atoms with Crippen LogP contribution in [0, 0.1) is 11.8 Å². The Kier molecular flexibility index (Phi) is 6.34. The maximum absolute atomic E-state index is 13.7. The molecule has 2 fully saturated rings. The zero-order chi connectivity index (χ0) is 28.3. The van der Waals surface area contributed by atoms with Gasteiger partial charge in [0.15, 0.2) is 5.82 Å². The van der Waals surface area contributed by atoms with E-state index in [4.69, 9.17) is 10.5 Å². The third kappa shape index (κ3) is 4.81. The monoisotopic (exact) mass is 553 g/mol. The number of likely N-dealkylation sites (tertiary alicyclic amines) is 1. The number of aromatic nitrogens is 4. The van der Waals surface area contributed by atoms with Gasteiger partial charge in [-0.2, -0.15) is 18.3 Å². The van der Waals surface area contributed by atoms with E-state index >= 15 is 0 Å². The van der Waals surface area contributed by atoms with E-state index in [2.05, 4.69) is 20.4 Å². The van der Waals surface area contributed by atoms with Crippen LogP contribution in [-0.4, -0.2) is 68.5 Å². The van der Waals surface area contributed by atoms with E-state index in [1.54, 1.807) is 0 Å². The predicted molar refractivity (Wildman–Crippen MR) is 127 cm³/mol. The highest BCUT2D eigenvalue weighted by Crippen LogP contribution is 2.44. The van der Waals surface area contributed by atoms with E-state index < -0.39 is 53.9 Å². The molecule has 0 radical (unpaired) electrons. The van der Waals surface area contributed by atoms with Gasteiger partial charge in [-0.25, -0.2) is 23.3 Å². The third-order valence-electron chi connectivity index (χ3n) is 7.15. The number of halogens is 5. The summed E-state index contributed by atoms with van der Waals surface area (Å²) in [6.45, 7) is 2.24. The lowest BCUT2D eigenvalue weighted by Gasteiger charge is -2.36. The van der Waals surface area contributed by atoms with Crippen LogP contribution >= 0.6 is 0 Å². The van der Waals surface area contributed by atoms with Gasteiger partial charge in [-0.1, -0.05) is 6.92 Å². The molecule has 1 saturated carbocycles. The van der Waals surface area contributed by atoms with E-state index in [1.807, 2.05) is 6.92 Å². The van der Waals surface area contributed by atoms with Crippen LogP contribution < -0.4 is 15.8 Å². The Bertz CT molecular complexity index is 1450. The molecule has 2 aliphatic rings. The summed E-state index contributed by atoms with van der Waals surface area (Å²) < 4.78 is 73.8. The molecule has 0 aromatic carbocycles. The van der Waals surface area contributed by atoms with Crippen LogP contribution in [0.2, 0.25) is 0 Å². The summed E-state index contributed by atoms with van der Waals surface area (Å²) in [6, 6.07) is 1.67. The number of pyridine rings is 1. The standard InChI is InChI=1S/C24H24F5N7O3/c1-11-8-35(22(38)13-5-23(25,26)6-13)9-16(11)34-20(37)14-3-12(7-31-21(14)39-2)17-4-15(24(27,28)29)18-19(30)32-10-33-36(17)18/h3-4,7,10-11,13,16H,5-6,8-9H2,1-2H3,(H,34,37)(H2,30,32,33)/t11-,16+/m0/s1. The first kappa shape index (κ1) is 26.6. The van der Waals surface area contributed by atoms with Crippen molar-refractivity contribution in [2.24, 2.45) is 11.8 Å². The number of nitrogens with one attached hydrogen (secondary N) is 1. The van der Waals surface area contributed by atoms with Gasteiger partial charge in [-0.05, 0) is 18.1 Å². The van der Waals surface area contributed by atoms with Crippen molar-refractivity contribution in [3.05, 3.63) is 35.8 Å². The van der Waals surface area contributed by atoms with Gasteiger partial charge in [0.25, 0.3) is 5.91 Å². The Morgan fingerprint density at radius 3 is 2.54 bits per heavy atom. The smallest absolute Gasteiger partial charge is 0.418 e. The molecule has 0 unspecified atom stereocenters. The van der Waals surface area contributed by atoms with Gasteiger partial charge in [0.05, 0.1) is 24.4 Å². The Labute approximate surface area is 218 Å². The molecule has 0 bridgehead atoms. The minimum absolute atomic E-state index is 0.0288. The van der Waals surface area contributed by atoms with Crippen LogP contribution in [0.4, 0.5) is 27.8 Å².